The Morgan fingerprint density at radius 1 is 1.07 bits per heavy atom. The molecule has 3 N–H and O–H groups in total. The van der Waals surface area contributed by atoms with Crippen LogP contribution in [-0.2, 0) is 11.2 Å². The second-order valence-corrected chi connectivity index (χ2v) is 8.48. The van der Waals surface area contributed by atoms with Crippen molar-refractivity contribution in [2.24, 2.45) is 4.99 Å². The van der Waals surface area contributed by atoms with E-state index in [0.29, 0.717) is 12.5 Å². The molecule has 28 heavy (non-hydrogen) atoms. The van der Waals surface area contributed by atoms with E-state index in [0.717, 1.165) is 24.5 Å². The van der Waals surface area contributed by atoms with E-state index < -0.39 is 0 Å². The number of aliphatic imine (C=N–C) groups is 1. The zero-order valence-corrected chi connectivity index (χ0v) is 17.6. The molecule has 0 aliphatic heterocycles. The van der Waals surface area contributed by atoms with Crippen molar-refractivity contribution in [3.63, 3.8) is 0 Å². The average molecular weight is 403 g/mol. The number of thioether (sulfide) groups is 1. The van der Waals surface area contributed by atoms with Crippen molar-refractivity contribution in [2.45, 2.75) is 37.6 Å². The Hall–Kier alpha value is -2.41. The van der Waals surface area contributed by atoms with Crippen molar-refractivity contribution in [3.8, 4) is 0 Å². The summed E-state index contributed by atoms with van der Waals surface area (Å²) in [4.78, 5) is 17.7. The molecule has 7 heteroatoms. The normalized spacial score (nSPS) is 11.9. The number of hydrogen-bond acceptors (Lipinski definition) is 4. The van der Waals surface area contributed by atoms with Crippen molar-refractivity contribution >= 4 is 23.6 Å². The van der Waals surface area contributed by atoms with Gasteiger partial charge in [0.1, 0.15) is 12.3 Å². The van der Waals surface area contributed by atoms with Gasteiger partial charge in [-0.2, -0.15) is 0 Å². The molecule has 6 nitrogen and oxygen atoms in total. The Morgan fingerprint density at radius 3 is 2.50 bits per heavy atom. The van der Waals surface area contributed by atoms with Gasteiger partial charge in [-0.05, 0) is 45.0 Å². The van der Waals surface area contributed by atoms with Crippen LogP contribution < -0.4 is 16.0 Å². The first-order chi connectivity index (χ1) is 13.4. The first kappa shape index (κ1) is 21.9. The van der Waals surface area contributed by atoms with E-state index in [1.807, 2.05) is 51.1 Å². The van der Waals surface area contributed by atoms with Crippen LogP contribution in [0.15, 0.2) is 63.0 Å². The van der Waals surface area contributed by atoms with Crippen LogP contribution in [0, 0.1) is 0 Å². The number of benzene rings is 1. The molecule has 0 unspecified atom stereocenters. The van der Waals surface area contributed by atoms with Crippen LogP contribution in [0.2, 0.25) is 0 Å². The van der Waals surface area contributed by atoms with Gasteiger partial charge in [-0.1, -0.05) is 18.2 Å². The molecule has 1 amide bonds. The topological polar surface area (TPSA) is 78.7 Å². The minimum atomic E-state index is -0.265. The molecule has 0 aliphatic rings. The van der Waals surface area contributed by atoms with E-state index in [2.05, 4.69) is 33.1 Å². The molecule has 0 aliphatic carbocycles. The van der Waals surface area contributed by atoms with Gasteiger partial charge in [0, 0.05) is 35.7 Å². The van der Waals surface area contributed by atoms with Gasteiger partial charge in [-0.3, -0.25) is 4.79 Å². The predicted octanol–water partition coefficient (Wildman–Crippen LogP) is 3.06. The second-order valence-electron chi connectivity index (χ2n) is 7.31. The molecule has 0 spiro atoms. The lowest BCUT2D eigenvalue weighted by Crippen LogP contribution is -2.43. The third-order valence-corrected chi connectivity index (χ3v) is 4.56. The van der Waals surface area contributed by atoms with Gasteiger partial charge in [0.05, 0.1) is 6.26 Å². The van der Waals surface area contributed by atoms with E-state index in [1.165, 1.54) is 4.90 Å². The van der Waals surface area contributed by atoms with Gasteiger partial charge < -0.3 is 20.4 Å². The summed E-state index contributed by atoms with van der Waals surface area (Å²) in [5, 5.41) is 9.48. The lowest BCUT2D eigenvalue weighted by molar-refractivity contribution is -0.121. The molecule has 1 heterocycles. The van der Waals surface area contributed by atoms with Gasteiger partial charge in [-0.15, -0.1) is 11.8 Å². The molecule has 0 atom stereocenters. The van der Waals surface area contributed by atoms with Crippen LogP contribution in [0.25, 0.3) is 0 Å². The number of guanidine groups is 1. The van der Waals surface area contributed by atoms with Crippen LogP contribution in [-0.4, -0.2) is 42.8 Å². The lowest BCUT2D eigenvalue weighted by atomic mass is 10.1. The first-order valence-electron chi connectivity index (χ1n) is 9.46. The standard InChI is InChI=1S/C21H30N4O2S/c1-21(2,3)25-19(26)16-24-20(22-12-11-17-8-7-14-27-17)23-13-15-28-18-9-5-4-6-10-18/h4-10,14H,11-13,15-16H2,1-3H3,(H,25,26)(H2,22,23,24). The molecule has 1 aromatic heterocycles. The highest BCUT2D eigenvalue weighted by Gasteiger charge is 2.13. The summed E-state index contributed by atoms with van der Waals surface area (Å²) in [5.41, 5.74) is -0.265. The minimum absolute atomic E-state index is 0.0825. The fraction of sp³-hybridized carbons (Fsp3) is 0.429. The SMILES string of the molecule is CC(C)(C)NC(=O)CN=C(NCCSc1ccccc1)NCCc1ccco1. The van der Waals surface area contributed by atoms with Gasteiger partial charge in [-0.25, -0.2) is 4.99 Å². The molecule has 2 rings (SSSR count). The smallest absolute Gasteiger partial charge is 0.242 e. The summed E-state index contributed by atoms with van der Waals surface area (Å²) < 4.78 is 5.35. The van der Waals surface area contributed by atoms with Crippen molar-refractivity contribution in [2.75, 3.05) is 25.4 Å². The van der Waals surface area contributed by atoms with Crippen molar-refractivity contribution in [3.05, 3.63) is 54.5 Å². The van der Waals surface area contributed by atoms with Crippen molar-refractivity contribution in [1.82, 2.24) is 16.0 Å². The molecular formula is C21H30N4O2S. The molecule has 0 saturated heterocycles. The molecule has 0 bridgehead atoms. The lowest BCUT2D eigenvalue weighted by Gasteiger charge is -2.20. The Balaban J connectivity index is 1.81. The first-order valence-corrected chi connectivity index (χ1v) is 10.4. The maximum Gasteiger partial charge on any atom is 0.242 e. The Bertz CT molecular complexity index is 725. The van der Waals surface area contributed by atoms with Crippen LogP contribution in [0.1, 0.15) is 26.5 Å². The van der Waals surface area contributed by atoms with Gasteiger partial charge >= 0.3 is 0 Å². The van der Waals surface area contributed by atoms with E-state index in [-0.39, 0.29) is 18.0 Å². The van der Waals surface area contributed by atoms with Crippen LogP contribution in [0.3, 0.4) is 0 Å². The van der Waals surface area contributed by atoms with E-state index >= 15 is 0 Å². The highest BCUT2D eigenvalue weighted by atomic mass is 32.2. The minimum Gasteiger partial charge on any atom is -0.469 e. The molecule has 1 aromatic carbocycles. The highest BCUT2D eigenvalue weighted by molar-refractivity contribution is 7.99. The van der Waals surface area contributed by atoms with E-state index in [9.17, 15) is 4.79 Å². The second kappa shape index (κ2) is 11.4. The van der Waals surface area contributed by atoms with Crippen LogP contribution >= 0.6 is 11.8 Å². The fourth-order valence-electron chi connectivity index (χ4n) is 2.40. The molecule has 0 radical (unpaired) electrons. The van der Waals surface area contributed by atoms with Gasteiger partial charge in [0.2, 0.25) is 5.91 Å². The third kappa shape index (κ3) is 9.50. The van der Waals surface area contributed by atoms with Gasteiger partial charge in [0.25, 0.3) is 0 Å². The Kier molecular flexibility index (Phi) is 8.94. The van der Waals surface area contributed by atoms with E-state index in [1.54, 1.807) is 18.0 Å². The average Bonchev–Trinajstić information content (AvgIpc) is 3.15. The zero-order chi connectivity index (χ0) is 20.2. The maximum atomic E-state index is 12.0. The summed E-state index contributed by atoms with van der Waals surface area (Å²) in [6, 6.07) is 14.1. The number of furan rings is 1. The number of nitrogens with zero attached hydrogens (tertiary/aromatic N) is 1. The Labute approximate surface area is 171 Å². The number of hydrogen-bond donors (Lipinski definition) is 3. The Morgan fingerprint density at radius 2 is 1.82 bits per heavy atom. The number of carbonyl (C=O) groups excluding carboxylic acids is 1. The van der Waals surface area contributed by atoms with Crippen LogP contribution in [0.4, 0.5) is 0 Å². The van der Waals surface area contributed by atoms with Crippen LogP contribution in [0.5, 0.6) is 0 Å². The number of amides is 1. The summed E-state index contributed by atoms with van der Waals surface area (Å²) in [6.07, 6.45) is 2.42. The molecular weight excluding hydrogens is 372 g/mol. The molecule has 0 saturated carbocycles. The number of nitrogens with one attached hydrogen (secondary N) is 3. The summed E-state index contributed by atoms with van der Waals surface area (Å²) in [7, 11) is 0. The number of rotatable bonds is 9. The molecule has 0 fully saturated rings. The quantitative estimate of drug-likeness (QED) is 0.260. The van der Waals surface area contributed by atoms with Gasteiger partial charge in [0.15, 0.2) is 5.96 Å². The highest BCUT2D eigenvalue weighted by Crippen LogP contribution is 2.15. The zero-order valence-electron chi connectivity index (χ0n) is 16.8. The summed E-state index contributed by atoms with van der Waals surface area (Å²) in [6.45, 7) is 7.36. The van der Waals surface area contributed by atoms with E-state index in [4.69, 9.17) is 4.42 Å². The maximum absolute atomic E-state index is 12.0. The molecule has 2 aromatic rings. The molecule has 152 valence electrons. The largest absolute Gasteiger partial charge is 0.469 e. The summed E-state index contributed by atoms with van der Waals surface area (Å²) in [5.74, 6) is 2.34. The van der Waals surface area contributed by atoms with Crippen molar-refractivity contribution < 1.29 is 9.21 Å². The third-order valence-electron chi connectivity index (χ3n) is 3.55. The monoisotopic (exact) mass is 402 g/mol. The van der Waals surface area contributed by atoms with Crippen molar-refractivity contribution in [1.29, 1.82) is 0 Å². The summed E-state index contributed by atoms with van der Waals surface area (Å²) >= 11 is 1.78. The predicted molar refractivity (Wildman–Crippen MR) is 116 cm³/mol. The number of carbonyl (C=O) groups is 1. The fourth-order valence-corrected chi connectivity index (χ4v) is 3.19.